The quantitative estimate of drug-likeness (QED) is 0.625. The summed E-state index contributed by atoms with van der Waals surface area (Å²) in [6.45, 7) is 0. The molecule has 0 fully saturated rings. The van der Waals surface area contributed by atoms with Crippen molar-refractivity contribution in [2.45, 2.75) is 4.90 Å². The van der Waals surface area contributed by atoms with Gasteiger partial charge in [0.15, 0.2) is 0 Å². The maximum atomic E-state index is 12.4. The average molecular weight is 431 g/mol. The van der Waals surface area contributed by atoms with Gasteiger partial charge < -0.3 is 5.32 Å². The maximum Gasteiger partial charge on any atom is 0.261 e. The largest absolute Gasteiger partial charge is 0.322 e. The predicted octanol–water partition coefficient (Wildman–Crippen LogP) is 4.50. The molecule has 0 saturated carbocycles. The molecular formula is C19H15BrN2O3S. The maximum absolute atomic E-state index is 12.4. The molecule has 0 spiro atoms. The zero-order chi connectivity index (χ0) is 18.6. The number of benzene rings is 3. The number of nitrogens with one attached hydrogen (secondary N) is 2. The molecule has 0 radical (unpaired) electrons. The Morgan fingerprint density at radius 1 is 0.769 bits per heavy atom. The highest BCUT2D eigenvalue weighted by Gasteiger charge is 2.14. The lowest BCUT2D eigenvalue weighted by atomic mass is 10.2. The predicted molar refractivity (Wildman–Crippen MR) is 106 cm³/mol. The molecule has 3 aromatic rings. The van der Waals surface area contributed by atoms with Gasteiger partial charge in [0.25, 0.3) is 15.9 Å². The second-order valence-electron chi connectivity index (χ2n) is 5.46. The summed E-state index contributed by atoms with van der Waals surface area (Å²) in [5.74, 6) is -0.255. The minimum atomic E-state index is -3.70. The van der Waals surface area contributed by atoms with E-state index in [0.29, 0.717) is 16.9 Å². The number of anilines is 2. The first-order chi connectivity index (χ1) is 12.4. The Morgan fingerprint density at radius 3 is 1.96 bits per heavy atom. The first kappa shape index (κ1) is 18.2. The molecule has 2 N–H and O–H groups in total. The van der Waals surface area contributed by atoms with Gasteiger partial charge in [0.05, 0.1) is 4.90 Å². The Hall–Kier alpha value is -2.64. The fourth-order valence-electron chi connectivity index (χ4n) is 2.24. The van der Waals surface area contributed by atoms with Crippen molar-refractivity contribution in [1.29, 1.82) is 0 Å². The van der Waals surface area contributed by atoms with E-state index in [1.165, 1.54) is 12.1 Å². The summed E-state index contributed by atoms with van der Waals surface area (Å²) in [5.41, 5.74) is 1.51. The first-order valence-electron chi connectivity index (χ1n) is 7.69. The van der Waals surface area contributed by atoms with Gasteiger partial charge in [-0.2, -0.15) is 0 Å². The molecule has 0 atom stereocenters. The highest BCUT2D eigenvalue weighted by molar-refractivity contribution is 9.10. The van der Waals surface area contributed by atoms with E-state index in [1.54, 1.807) is 60.7 Å². The van der Waals surface area contributed by atoms with Gasteiger partial charge >= 0.3 is 0 Å². The van der Waals surface area contributed by atoms with Crippen molar-refractivity contribution in [2.24, 2.45) is 0 Å². The van der Waals surface area contributed by atoms with Crippen molar-refractivity contribution in [3.8, 4) is 0 Å². The normalized spacial score (nSPS) is 11.0. The van der Waals surface area contributed by atoms with E-state index in [4.69, 9.17) is 0 Å². The fourth-order valence-corrected chi connectivity index (χ4v) is 3.57. The number of rotatable bonds is 5. The lowest BCUT2D eigenvalue weighted by Crippen LogP contribution is -2.14. The lowest BCUT2D eigenvalue weighted by molar-refractivity contribution is 0.102. The summed E-state index contributed by atoms with van der Waals surface area (Å²) in [6.07, 6.45) is 0. The molecule has 3 aromatic carbocycles. The van der Waals surface area contributed by atoms with Gasteiger partial charge in [-0.15, -0.1) is 0 Å². The minimum Gasteiger partial charge on any atom is -0.322 e. The third-order valence-electron chi connectivity index (χ3n) is 3.55. The summed E-state index contributed by atoms with van der Waals surface area (Å²) in [4.78, 5) is 12.2. The van der Waals surface area contributed by atoms with Crippen LogP contribution in [0.15, 0.2) is 88.2 Å². The smallest absolute Gasteiger partial charge is 0.261 e. The van der Waals surface area contributed by atoms with Crippen molar-refractivity contribution in [2.75, 3.05) is 10.0 Å². The number of carbonyl (C=O) groups excluding carboxylic acids is 1. The highest BCUT2D eigenvalue weighted by atomic mass is 79.9. The molecular weight excluding hydrogens is 416 g/mol. The first-order valence-corrected chi connectivity index (χ1v) is 9.96. The van der Waals surface area contributed by atoms with E-state index in [1.807, 2.05) is 6.07 Å². The van der Waals surface area contributed by atoms with Crippen LogP contribution in [0.1, 0.15) is 10.4 Å². The van der Waals surface area contributed by atoms with Gasteiger partial charge in [0, 0.05) is 21.4 Å². The molecule has 0 bridgehead atoms. The van der Waals surface area contributed by atoms with Crippen LogP contribution in [0.2, 0.25) is 0 Å². The number of hydrogen-bond acceptors (Lipinski definition) is 3. The van der Waals surface area contributed by atoms with Crippen LogP contribution in [0.3, 0.4) is 0 Å². The zero-order valence-corrected chi connectivity index (χ0v) is 15.9. The van der Waals surface area contributed by atoms with Crippen LogP contribution in [-0.2, 0) is 10.0 Å². The second kappa shape index (κ2) is 7.72. The lowest BCUT2D eigenvalue weighted by Gasteiger charge is -2.10. The van der Waals surface area contributed by atoms with Gasteiger partial charge in [-0.1, -0.05) is 34.1 Å². The van der Waals surface area contributed by atoms with E-state index in [0.717, 1.165) is 4.47 Å². The molecule has 132 valence electrons. The number of amides is 1. The Bertz CT molecular complexity index is 1000. The Morgan fingerprint density at radius 2 is 1.35 bits per heavy atom. The molecule has 0 aromatic heterocycles. The third-order valence-corrected chi connectivity index (χ3v) is 5.48. The Labute approximate surface area is 160 Å². The van der Waals surface area contributed by atoms with Crippen molar-refractivity contribution in [1.82, 2.24) is 0 Å². The summed E-state index contributed by atoms with van der Waals surface area (Å²) < 4.78 is 28.2. The summed E-state index contributed by atoms with van der Waals surface area (Å²) >= 11 is 3.30. The molecule has 0 heterocycles. The number of halogens is 1. The molecule has 0 unspecified atom stereocenters. The standard InChI is InChI=1S/C19H15BrN2O3S/c20-15-6-8-17(9-7-15)22-26(24,25)18-12-10-16(11-13-18)21-19(23)14-4-2-1-3-5-14/h1-13,22H,(H,21,23). The van der Waals surface area contributed by atoms with E-state index >= 15 is 0 Å². The molecule has 5 nitrogen and oxygen atoms in total. The van der Waals surface area contributed by atoms with Crippen LogP contribution >= 0.6 is 15.9 Å². The van der Waals surface area contributed by atoms with Crippen molar-refractivity contribution in [3.05, 3.63) is 88.9 Å². The van der Waals surface area contributed by atoms with Crippen LogP contribution in [-0.4, -0.2) is 14.3 Å². The molecule has 7 heteroatoms. The average Bonchev–Trinajstić information content (AvgIpc) is 2.64. The summed E-state index contributed by atoms with van der Waals surface area (Å²) in [7, 11) is -3.70. The molecule has 0 saturated heterocycles. The van der Waals surface area contributed by atoms with Gasteiger partial charge in [-0.3, -0.25) is 9.52 Å². The van der Waals surface area contributed by atoms with Crippen LogP contribution < -0.4 is 10.0 Å². The molecule has 3 rings (SSSR count). The topological polar surface area (TPSA) is 75.3 Å². The van der Waals surface area contributed by atoms with Crippen molar-refractivity contribution < 1.29 is 13.2 Å². The van der Waals surface area contributed by atoms with Crippen LogP contribution in [0.4, 0.5) is 11.4 Å². The van der Waals surface area contributed by atoms with Gasteiger partial charge in [0.2, 0.25) is 0 Å². The number of sulfonamides is 1. The van der Waals surface area contributed by atoms with Crippen LogP contribution in [0.5, 0.6) is 0 Å². The summed E-state index contributed by atoms with van der Waals surface area (Å²) in [5, 5.41) is 2.73. The van der Waals surface area contributed by atoms with Gasteiger partial charge in [0.1, 0.15) is 0 Å². The van der Waals surface area contributed by atoms with Gasteiger partial charge in [-0.25, -0.2) is 8.42 Å². The SMILES string of the molecule is O=C(Nc1ccc(S(=O)(=O)Nc2ccc(Br)cc2)cc1)c1ccccc1. The second-order valence-corrected chi connectivity index (χ2v) is 8.05. The van der Waals surface area contributed by atoms with E-state index in [9.17, 15) is 13.2 Å². The zero-order valence-electron chi connectivity index (χ0n) is 13.5. The summed E-state index contributed by atoms with van der Waals surface area (Å²) in [6, 6.07) is 21.6. The Balaban J connectivity index is 1.72. The van der Waals surface area contributed by atoms with E-state index in [-0.39, 0.29) is 10.8 Å². The monoisotopic (exact) mass is 430 g/mol. The van der Waals surface area contributed by atoms with Crippen LogP contribution in [0, 0.1) is 0 Å². The Kier molecular flexibility index (Phi) is 5.39. The molecule has 26 heavy (non-hydrogen) atoms. The molecule has 1 amide bonds. The van der Waals surface area contributed by atoms with Crippen LogP contribution in [0.25, 0.3) is 0 Å². The minimum absolute atomic E-state index is 0.109. The number of hydrogen-bond donors (Lipinski definition) is 2. The number of carbonyl (C=O) groups is 1. The van der Waals surface area contributed by atoms with E-state index < -0.39 is 10.0 Å². The van der Waals surface area contributed by atoms with E-state index in [2.05, 4.69) is 26.0 Å². The fraction of sp³-hybridized carbons (Fsp3) is 0. The van der Waals surface area contributed by atoms with Crippen molar-refractivity contribution >= 4 is 43.2 Å². The molecule has 0 aliphatic rings. The molecule has 0 aliphatic carbocycles. The molecule has 0 aliphatic heterocycles. The third kappa shape index (κ3) is 4.50. The van der Waals surface area contributed by atoms with Gasteiger partial charge in [-0.05, 0) is 60.7 Å². The highest BCUT2D eigenvalue weighted by Crippen LogP contribution is 2.20. The van der Waals surface area contributed by atoms with Crippen molar-refractivity contribution in [3.63, 3.8) is 0 Å².